The second-order valence-corrected chi connectivity index (χ2v) is 6.86. The molecule has 2 heterocycles. The Kier molecular flexibility index (Phi) is 4.67. The highest BCUT2D eigenvalue weighted by Crippen LogP contribution is 2.18. The number of hydrogen-bond acceptors (Lipinski definition) is 4. The van der Waals surface area contributed by atoms with E-state index in [1.54, 1.807) is 18.7 Å². The molecule has 1 aromatic carbocycles. The molecule has 3 aromatic rings. The second kappa shape index (κ2) is 6.76. The summed E-state index contributed by atoms with van der Waals surface area (Å²) in [5.41, 5.74) is 3.24. The summed E-state index contributed by atoms with van der Waals surface area (Å²) in [6.45, 7) is 5.64. The minimum Gasteiger partial charge on any atom is -0.337 e. The Hall–Kier alpha value is -2.54. The van der Waals surface area contributed by atoms with Crippen LogP contribution in [0.4, 0.5) is 0 Å². The van der Waals surface area contributed by atoms with Crippen molar-refractivity contribution in [3.63, 3.8) is 0 Å². The highest BCUT2D eigenvalue weighted by molar-refractivity contribution is 7.99. The Labute approximate surface area is 149 Å². The van der Waals surface area contributed by atoms with Gasteiger partial charge < -0.3 is 4.98 Å². The summed E-state index contributed by atoms with van der Waals surface area (Å²) in [6, 6.07) is 9.31. The maximum Gasteiger partial charge on any atom is 0.282 e. The first-order chi connectivity index (χ1) is 11.9. The number of benzene rings is 1. The van der Waals surface area contributed by atoms with Gasteiger partial charge in [-0.25, -0.2) is 9.67 Å². The van der Waals surface area contributed by atoms with Crippen LogP contribution in [0, 0.1) is 20.8 Å². The first-order valence-corrected chi connectivity index (χ1v) is 8.92. The van der Waals surface area contributed by atoms with E-state index in [9.17, 15) is 9.59 Å². The molecule has 1 N–H and O–H groups in total. The first-order valence-electron chi connectivity index (χ1n) is 7.93. The van der Waals surface area contributed by atoms with Crippen LogP contribution in [0.3, 0.4) is 0 Å². The summed E-state index contributed by atoms with van der Waals surface area (Å²) in [7, 11) is 1.78. The third-order valence-electron chi connectivity index (χ3n) is 4.28. The number of aromatic amines is 1. The lowest BCUT2D eigenvalue weighted by Gasteiger charge is -2.07. The zero-order chi connectivity index (χ0) is 18.1. The number of thioether (sulfide) groups is 1. The minimum atomic E-state index is -0.288. The van der Waals surface area contributed by atoms with Crippen molar-refractivity contribution in [1.29, 1.82) is 0 Å². The molecule has 0 spiro atoms. The van der Waals surface area contributed by atoms with Crippen molar-refractivity contribution >= 4 is 17.5 Å². The van der Waals surface area contributed by atoms with Crippen molar-refractivity contribution in [3.05, 3.63) is 63.3 Å². The van der Waals surface area contributed by atoms with E-state index in [1.807, 2.05) is 44.2 Å². The zero-order valence-electron chi connectivity index (χ0n) is 14.7. The van der Waals surface area contributed by atoms with Crippen LogP contribution in [-0.4, -0.2) is 30.9 Å². The van der Waals surface area contributed by atoms with E-state index in [4.69, 9.17) is 0 Å². The van der Waals surface area contributed by atoms with Crippen LogP contribution in [0.2, 0.25) is 0 Å². The number of Topliss-reactive ketones (excluding diaryl/α,β-unsaturated/α-hetero) is 1. The molecule has 7 heteroatoms. The summed E-state index contributed by atoms with van der Waals surface area (Å²) in [6.07, 6.45) is 0. The number of imidazole rings is 1. The summed E-state index contributed by atoms with van der Waals surface area (Å²) in [5, 5.41) is 0.695. The second-order valence-electron chi connectivity index (χ2n) is 5.90. The van der Waals surface area contributed by atoms with E-state index in [2.05, 4.69) is 9.97 Å². The quantitative estimate of drug-likeness (QED) is 0.564. The van der Waals surface area contributed by atoms with Gasteiger partial charge in [0.2, 0.25) is 0 Å². The number of nitrogens with zero attached hydrogens (tertiary/aromatic N) is 3. The molecule has 0 unspecified atom stereocenters. The molecule has 25 heavy (non-hydrogen) atoms. The van der Waals surface area contributed by atoms with Crippen molar-refractivity contribution in [2.45, 2.75) is 25.9 Å². The Morgan fingerprint density at radius 2 is 1.88 bits per heavy atom. The van der Waals surface area contributed by atoms with Gasteiger partial charge >= 0.3 is 0 Å². The van der Waals surface area contributed by atoms with Gasteiger partial charge in [0.25, 0.3) is 5.56 Å². The van der Waals surface area contributed by atoms with Crippen molar-refractivity contribution in [2.24, 2.45) is 7.05 Å². The van der Waals surface area contributed by atoms with E-state index >= 15 is 0 Å². The number of rotatable bonds is 5. The number of H-pyrrole nitrogens is 1. The average molecular weight is 356 g/mol. The van der Waals surface area contributed by atoms with Gasteiger partial charge in [0.1, 0.15) is 5.56 Å². The van der Waals surface area contributed by atoms with Crippen molar-refractivity contribution in [1.82, 2.24) is 19.3 Å². The molecule has 130 valence electrons. The number of aromatic nitrogens is 4. The molecular weight excluding hydrogens is 336 g/mol. The number of para-hydroxylation sites is 1. The third-order valence-corrected chi connectivity index (χ3v) is 5.15. The predicted octanol–water partition coefficient (Wildman–Crippen LogP) is 2.80. The van der Waals surface area contributed by atoms with Crippen LogP contribution >= 0.6 is 11.8 Å². The van der Waals surface area contributed by atoms with Gasteiger partial charge in [0.05, 0.1) is 17.1 Å². The van der Waals surface area contributed by atoms with E-state index < -0.39 is 0 Å². The molecule has 0 bridgehead atoms. The highest BCUT2D eigenvalue weighted by Gasteiger charge is 2.22. The largest absolute Gasteiger partial charge is 0.337 e. The molecule has 0 amide bonds. The predicted molar refractivity (Wildman–Crippen MR) is 98.9 cm³/mol. The van der Waals surface area contributed by atoms with Gasteiger partial charge in [-0.3, -0.25) is 14.3 Å². The van der Waals surface area contributed by atoms with Crippen molar-refractivity contribution < 1.29 is 4.79 Å². The molecule has 0 aliphatic carbocycles. The fourth-order valence-electron chi connectivity index (χ4n) is 2.68. The fourth-order valence-corrected chi connectivity index (χ4v) is 3.52. The normalized spacial score (nSPS) is 11.0. The van der Waals surface area contributed by atoms with Gasteiger partial charge in [-0.05, 0) is 32.9 Å². The zero-order valence-corrected chi connectivity index (χ0v) is 15.5. The molecule has 0 aliphatic rings. The first kappa shape index (κ1) is 17.3. The summed E-state index contributed by atoms with van der Waals surface area (Å²) < 4.78 is 3.24. The molecule has 0 fully saturated rings. The van der Waals surface area contributed by atoms with E-state index in [-0.39, 0.29) is 22.7 Å². The Balaban J connectivity index is 1.89. The smallest absolute Gasteiger partial charge is 0.282 e. The van der Waals surface area contributed by atoms with E-state index in [0.29, 0.717) is 10.9 Å². The molecular formula is C18H20N4O2S. The number of aryl methyl sites for hydroxylation is 2. The lowest BCUT2D eigenvalue weighted by atomic mass is 10.2. The van der Waals surface area contributed by atoms with Crippen LogP contribution in [0.15, 0.2) is 40.3 Å². The van der Waals surface area contributed by atoms with E-state index in [0.717, 1.165) is 17.1 Å². The molecule has 0 atom stereocenters. The van der Waals surface area contributed by atoms with Crippen LogP contribution < -0.4 is 5.56 Å². The summed E-state index contributed by atoms with van der Waals surface area (Å²) >= 11 is 1.31. The maximum atomic E-state index is 12.8. The highest BCUT2D eigenvalue weighted by atomic mass is 32.2. The fraction of sp³-hybridized carbons (Fsp3) is 0.278. The van der Waals surface area contributed by atoms with Gasteiger partial charge in [-0.1, -0.05) is 30.0 Å². The average Bonchev–Trinajstić information content (AvgIpc) is 3.03. The SMILES string of the molecule is Cc1nc(SCC(=O)c2c(C)n(C)n(-c3ccccc3)c2=O)[nH]c1C. The van der Waals surface area contributed by atoms with Crippen LogP contribution in [0.25, 0.3) is 5.69 Å². The molecule has 0 saturated heterocycles. The van der Waals surface area contributed by atoms with Crippen LogP contribution in [-0.2, 0) is 7.05 Å². The molecule has 0 saturated carbocycles. The monoisotopic (exact) mass is 356 g/mol. The number of ketones is 1. The lowest BCUT2D eigenvalue weighted by molar-refractivity contribution is 0.102. The van der Waals surface area contributed by atoms with Gasteiger partial charge in [-0.2, -0.15) is 0 Å². The molecule has 0 aliphatic heterocycles. The Morgan fingerprint density at radius 1 is 1.20 bits per heavy atom. The Bertz CT molecular complexity index is 963. The van der Waals surface area contributed by atoms with Crippen molar-refractivity contribution in [3.8, 4) is 5.69 Å². The topological polar surface area (TPSA) is 72.7 Å². The number of hydrogen-bond donors (Lipinski definition) is 1. The molecule has 2 aromatic heterocycles. The molecule has 3 rings (SSSR count). The number of carbonyl (C=O) groups is 1. The third kappa shape index (κ3) is 3.19. The van der Waals surface area contributed by atoms with Crippen LogP contribution in [0.1, 0.15) is 27.4 Å². The number of nitrogens with one attached hydrogen (secondary N) is 1. The number of carbonyl (C=O) groups excluding carboxylic acids is 1. The van der Waals surface area contributed by atoms with Gasteiger partial charge in [-0.15, -0.1) is 0 Å². The molecule has 0 radical (unpaired) electrons. The van der Waals surface area contributed by atoms with E-state index in [1.165, 1.54) is 16.4 Å². The standard InChI is InChI=1S/C18H20N4O2S/c1-11-12(2)20-18(19-11)25-10-15(23)16-13(3)21(4)22(17(16)24)14-8-6-5-7-9-14/h5-9H,10H2,1-4H3,(H,19,20). The molecule has 6 nitrogen and oxygen atoms in total. The van der Waals surface area contributed by atoms with Crippen molar-refractivity contribution in [2.75, 3.05) is 5.75 Å². The summed E-state index contributed by atoms with van der Waals surface area (Å²) in [4.78, 5) is 33.0. The lowest BCUT2D eigenvalue weighted by Crippen LogP contribution is -2.23. The van der Waals surface area contributed by atoms with Gasteiger partial charge in [0, 0.05) is 18.4 Å². The Morgan fingerprint density at radius 3 is 2.48 bits per heavy atom. The summed E-state index contributed by atoms with van der Waals surface area (Å²) in [5.74, 6) is -0.0224. The minimum absolute atomic E-state index is 0.168. The van der Waals surface area contributed by atoms with Gasteiger partial charge in [0.15, 0.2) is 10.9 Å². The maximum absolute atomic E-state index is 12.8. The van der Waals surface area contributed by atoms with Crippen LogP contribution in [0.5, 0.6) is 0 Å².